The van der Waals surface area contributed by atoms with E-state index in [1.807, 2.05) is 11.9 Å². The number of nitrogens with zero attached hydrogens (tertiary/aromatic N) is 2. The van der Waals surface area contributed by atoms with E-state index in [2.05, 4.69) is 40.0 Å². The Morgan fingerprint density at radius 3 is 2.33 bits per heavy atom. The second-order valence-electron chi connectivity index (χ2n) is 6.37. The molecule has 2 rings (SSSR count). The van der Waals surface area contributed by atoms with E-state index in [0.717, 1.165) is 23.0 Å². The molecule has 1 aromatic rings. The van der Waals surface area contributed by atoms with Crippen molar-refractivity contribution in [3.05, 3.63) is 15.9 Å². The Morgan fingerprint density at radius 1 is 1.24 bits per heavy atom. The van der Waals surface area contributed by atoms with E-state index in [4.69, 9.17) is 0 Å². The van der Waals surface area contributed by atoms with Crippen molar-refractivity contribution >= 4 is 21.8 Å². The predicted molar refractivity (Wildman–Crippen MR) is 88.6 cm³/mol. The molecule has 0 aliphatic heterocycles. The van der Waals surface area contributed by atoms with E-state index in [1.165, 1.54) is 32.1 Å². The molecule has 0 spiro atoms. The van der Waals surface area contributed by atoms with E-state index in [0.29, 0.717) is 17.7 Å². The summed E-state index contributed by atoms with van der Waals surface area (Å²) in [4.78, 5) is 14.6. The molecule has 0 aromatic carbocycles. The second kappa shape index (κ2) is 7.43. The summed E-state index contributed by atoms with van der Waals surface area (Å²) < 4.78 is 0.820. The third-order valence-corrected chi connectivity index (χ3v) is 5.26. The van der Waals surface area contributed by atoms with E-state index >= 15 is 0 Å². The normalized spacial score (nSPS) is 17.6. The minimum absolute atomic E-state index is 0.0237. The molecule has 1 aliphatic rings. The fourth-order valence-electron chi connectivity index (χ4n) is 3.02. The molecule has 0 atom stereocenters. The second-order valence-corrected chi connectivity index (χ2v) is 7.16. The first-order valence-corrected chi connectivity index (χ1v) is 8.82. The number of aromatic nitrogens is 2. The monoisotopic (exact) mass is 355 g/mol. The van der Waals surface area contributed by atoms with Crippen LogP contribution >= 0.6 is 15.9 Å². The molecule has 1 aliphatic carbocycles. The Labute approximate surface area is 135 Å². The van der Waals surface area contributed by atoms with Crippen molar-refractivity contribution in [3.63, 3.8) is 0 Å². The van der Waals surface area contributed by atoms with Gasteiger partial charge < -0.3 is 4.90 Å². The van der Waals surface area contributed by atoms with Crippen LogP contribution in [0.25, 0.3) is 0 Å². The van der Waals surface area contributed by atoms with Gasteiger partial charge in [-0.1, -0.05) is 46.0 Å². The molecule has 5 heteroatoms. The Balaban J connectivity index is 2.10. The number of H-pyrrole nitrogens is 1. The fourth-order valence-corrected chi connectivity index (χ4v) is 3.83. The lowest BCUT2D eigenvalue weighted by Gasteiger charge is -2.29. The molecule has 0 unspecified atom stereocenters. The summed E-state index contributed by atoms with van der Waals surface area (Å²) in [5, 5.41) is 7.22. The van der Waals surface area contributed by atoms with Crippen LogP contribution in [0.2, 0.25) is 0 Å². The molecule has 1 fully saturated rings. The van der Waals surface area contributed by atoms with Gasteiger partial charge in [-0.25, -0.2) is 0 Å². The molecule has 1 heterocycles. The highest BCUT2D eigenvalue weighted by atomic mass is 79.9. The molecule has 1 aromatic heterocycles. The van der Waals surface area contributed by atoms with Crippen LogP contribution in [0.4, 0.5) is 0 Å². The van der Waals surface area contributed by atoms with Crippen molar-refractivity contribution in [1.29, 1.82) is 0 Å². The standard InChI is InChI=1S/C16H26BrN3O/c1-11(2)14-13(17)15(19-18-14)16(21)20(3)12-9-7-5-4-6-8-10-12/h11-12H,4-10H2,1-3H3,(H,18,19). The SMILES string of the molecule is CC(C)c1[nH]nc(C(=O)N(C)C2CCCCCCC2)c1Br. The molecule has 1 amide bonds. The summed E-state index contributed by atoms with van der Waals surface area (Å²) in [5.74, 6) is 0.343. The van der Waals surface area contributed by atoms with Crippen molar-refractivity contribution in [2.24, 2.45) is 0 Å². The molecule has 0 saturated heterocycles. The van der Waals surface area contributed by atoms with Crippen LogP contribution in [-0.2, 0) is 0 Å². The molecule has 1 saturated carbocycles. The third kappa shape index (κ3) is 3.87. The Hall–Kier alpha value is -0.840. The zero-order valence-electron chi connectivity index (χ0n) is 13.3. The Kier molecular flexibility index (Phi) is 5.85. The van der Waals surface area contributed by atoms with Gasteiger partial charge in [-0.05, 0) is 34.7 Å². The lowest BCUT2D eigenvalue weighted by molar-refractivity contribution is 0.0700. The van der Waals surface area contributed by atoms with Crippen molar-refractivity contribution in [1.82, 2.24) is 15.1 Å². The number of aromatic amines is 1. The Bertz CT molecular complexity index is 476. The molecular weight excluding hydrogens is 330 g/mol. The van der Waals surface area contributed by atoms with Gasteiger partial charge in [0, 0.05) is 13.1 Å². The number of nitrogens with one attached hydrogen (secondary N) is 1. The van der Waals surface area contributed by atoms with Gasteiger partial charge in [-0.15, -0.1) is 0 Å². The maximum atomic E-state index is 12.7. The van der Waals surface area contributed by atoms with Crippen LogP contribution in [-0.4, -0.2) is 34.1 Å². The molecule has 0 radical (unpaired) electrons. The number of carbonyl (C=O) groups excluding carboxylic acids is 1. The highest BCUT2D eigenvalue weighted by molar-refractivity contribution is 9.10. The van der Waals surface area contributed by atoms with Crippen molar-refractivity contribution in [2.45, 2.75) is 70.8 Å². The molecular formula is C16H26BrN3O. The van der Waals surface area contributed by atoms with E-state index < -0.39 is 0 Å². The lowest BCUT2D eigenvalue weighted by Crippen LogP contribution is -2.37. The van der Waals surface area contributed by atoms with Gasteiger partial charge in [0.15, 0.2) is 5.69 Å². The molecule has 4 nitrogen and oxygen atoms in total. The van der Waals surface area contributed by atoms with Gasteiger partial charge in [-0.3, -0.25) is 9.89 Å². The van der Waals surface area contributed by atoms with Crippen molar-refractivity contribution < 1.29 is 4.79 Å². The summed E-state index contributed by atoms with van der Waals surface area (Å²) in [7, 11) is 1.92. The number of hydrogen-bond acceptors (Lipinski definition) is 2. The smallest absolute Gasteiger partial charge is 0.275 e. The average molecular weight is 356 g/mol. The van der Waals surface area contributed by atoms with Crippen LogP contribution in [0.5, 0.6) is 0 Å². The molecule has 118 valence electrons. The van der Waals surface area contributed by atoms with Gasteiger partial charge in [-0.2, -0.15) is 5.10 Å². The number of rotatable bonds is 3. The van der Waals surface area contributed by atoms with Crippen LogP contribution < -0.4 is 0 Å². The minimum Gasteiger partial charge on any atom is -0.337 e. The first-order valence-electron chi connectivity index (χ1n) is 8.03. The maximum absolute atomic E-state index is 12.7. The number of amides is 1. The largest absolute Gasteiger partial charge is 0.337 e. The summed E-state index contributed by atoms with van der Waals surface area (Å²) in [6.45, 7) is 4.18. The van der Waals surface area contributed by atoms with Crippen molar-refractivity contribution in [3.8, 4) is 0 Å². The van der Waals surface area contributed by atoms with Gasteiger partial charge in [0.1, 0.15) is 0 Å². The highest BCUT2D eigenvalue weighted by Crippen LogP contribution is 2.28. The fraction of sp³-hybridized carbons (Fsp3) is 0.750. The van der Waals surface area contributed by atoms with Gasteiger partial charge in [0.25, 0.3) is 5.91 Å². The lowest BCUT2D eigenvalue weighted by atomic mass is 9.95. The Morgan fingerprint density at radius 2 is 1.81 bits per heavy atom. The van der Waals surface area contributed by atoms with Crippen molar-refractivity contribution in [2.75, 3.05) is 7.05 Å². The van der Waals surface area contributed by atoms with E-state index in [9.17, 15) is 4.79 Å². The minimum atomic E-state index is 0.0237. The first-order chi connectivity index (χ1) is 10.0. The topological polar surface area (TPSA) is 49.0 Å². The summed E-state index contributed by atoms with van der Waals surface area (Å²) in [6, 6.07) is 0.351. The average Bonchev–Trinajstić information content (AvgIpc) is 2.79. The highest BCUT2D eigenvalue weighted by Gasteiger charge is 2.26. The van der Waals surface area contributed by atoms with Gasteiger partial charge in [0.2, 0.25) is 0 Å². The van der Waals surface area contributed by atoms with E-state index in [-0.39, 0.29) is 5.91 Å². The third-order valence-electron chi connectivity index (χ3n) is 4.46. The van der Waals surface area contributed by atoms with Gasteiger partial charge >= 0.3 is 0 Å². The van der Waals surface area contributed by atoms with Crippen LogP contribution in [0, 0.1) is 0 Å². The zero-order chi connectivity index (χ0) is 15.4. The molecule has 0 bridgehead atoms. The maximum Gasteiger partial charge on any atom is 0.275 e. The van der Waals surface area contributed by atoms with Crippen LogP contribution in [0.1, 0.15) is 80.9 Å². The quantitative estimate of drug-likeness (QED) is 0.868. The van der Waals surface area contributed by atoms with Gasteiger partial charge in [0.05, 0.1) is 10.2 Å². The zero-order valence-corrected chi connectivity index (χ0v) is 14.9. The number of halogens is 1. The predicted octanol–water partition coefficient (Wildman–Crippen LogP) is 4.48. The van der Waals surface area contributed by atoms with E-state index in [1.54, 1.807) is 0 Å². The molecule has 21 heavy (non-hydrogen) atoms. The van der Waals surface area contributed by atoms with Crippen LogP contribution in [0.15, 0.2) is 4.47 Å². The number of carbonyl (C=O) groups is 1. The summed E-state index contributed by atoms with van der Waals surface area (Å²) in [5.41, 5.74) is 1.51. The summed E-state index contributed by atoms with van der Waals surface area (Å²) in [6.07, 6.45) is 8.60. The first kappa shape index (κ1) is 16.5. The number of hydrogen-bond donors (Lipinski definition) is 1. The van der Waals surface area contributed by atoms with Crippen LogP contribution in [0.3, 0.4) is 0 Å². The summed E-state index contributed by atoms with van der Waals surface area (Å²) >= 11 is 3.53. The molecule has 1 N–H and O–H groups in total.